The Morgan fingerprint density at radius 3 is 2.39 bits per heavy atom. The molecule has 0 amide bonds. The summed E-state index contributed by atoms with van der Waals surface area (Å²) in [7, 11) is 0. The Morgan fingerprint density at radius 2 is 1.74 bits per heavy atom. The standard InChI is InChI=1S/C20H22N2O/c23-19-10-16(8-9-21(19)11-14-6-7-14)22-12-17-18(13-22)20(17)15-4-2-1-3-5-15/h1-5,8-10,14,17-18,20H,6-7,11-13H2. The number of pyridine rings is 1. The van der Waals surface area contributed by atoms with Gasteiger partial charge in [0, 0.05) is 37.6 Å². The average molecular weight is 306 g/mol. The highest BCUT2D eigenvalue weighted by Crippen LogP contribution is 2.58. The predicted molar refractivity (Wildman–Crippen MR) is 91.8 cm³/mol. The molecule has 0 spiro atoms. The summed E-state index contributed by atoms with van der Waals surface area (Å²) in [4.78, 5) is 14.7. The van der Waals surface area contributed by atoms with E-state index in [2.05, 4.69) is 41.3 Å². The van der Waals surface area contributed by atoms with Gasteiger partial charge in [0.25, 0.3) is 5.56 Å². The third-order valence-corrected chi connectivity index (χ3v) is 5.88. The van der Waals surface area contributed by atoms with Gasteiger partial charge in [-0.05, 0) is 48.1 Å². The Balaban J connectivity index is 1.28. The van der Waals surface area contributed by atoms with Crippen LogP contribution in [0.15, 0.2) is 53.5 Å². The number of nitrogens with zero attached hydrogens (tertiary/aromatic N) is 2. The van der Waals surface area contributed by atoms with Gasteiger partial charge in [0.1, 0.15) is 0 Å². The lowest BCUT2D eigenvalue weighted by Crippen LogP contribution is -2.27. The van der Waals surface area contributed by atoms with Crippen LogP contribution in [-0.4, -0.2) is 17.7 Å². The molecule has 0 bridgehead atoms. The molecule has 2 aliphatic carbocycles. The first-order valence-electron chi connectivity index (χ1n) is 8.80. The van der Waals surface area contributed by atoms with E-state index in [0.717, 1.165) is 49.0 Å². The van der Waals surface area contributed by atoms with Crippen molar-refractivity contribution in [3.63, 3.8) is 0 Å². The van der Waals surface area contributed by atoms with Gasteiger partial charge in [0.15, 0.2) is 0 Å². The van der Waals surface area contributed by atoms with Crippen molar-refractivity contribution in [1.82, 2.24) is 4.57 Å². The fraction of sp³-hybridized carbons (Fsp3) is 0.450. The lowest BCUT2D eigenvalue weighted by molar-refractivity contribution is 0.606. The van der Waals surface area contributed by atoms with E-state index in [0.29, 0.717) is 0 Å². The first-order valence-corrected chi connectivity index (χ1v) is 8.80. The van der Waals surface area contributed by atoms with E-state index in [4.69, 9.17) is 0 Å². The molecule has 2 aromatic rings. The highest BCUT2D eigenvalue weighted by atomic mass is 16.1. The summed E-state index contributed by atoms with van der Waals surface area (Å²) in [5.74, 6) is 3.02. The Hall–Kier alpha value is -2.03. The van der Waals surface area contributed by atoms with Crippen LogP contribution in [0.4, 0.5) is 5.69 Å². The van der Waals surface area contributed by atoms with Gasteiger partial charge in [-0.3, -0.25) is 4.79 Å². The summed E-state index contributed by atoms with van der Waals surface area (Å²) in [6.45, 7) is 3.09. The number of hydrogen-bond donors (Lipinski definition) is 0. The molecule has 118 valence electrons. The van der Waals surface area contributed by atoms with Gasteiger partial charge in [-0.15, -0.1) is 0 Å². The molecule has 23 heavy (non-hydrogen) atoms. The van der Waals surface area contributed by atoms with Crippen LogP contribution in [0.1, 0.15) is 24.3 Å². The molecule has 2 saturated carbocycles. The van der Waals surface area contributed by atoms with Gasteiger partial charge in [0.05, 0.1) is 0 Å². The number of fused-ring (bicyclic) bond motifs is 1. The van der Waals surface area contributed by atoms with Gasteiger partial charge in [-0.25, -0.2) is 0 Å². The highest BCUT2D eigenvalue weighted by molar-refractivity contribution is 5.49. The van der Waals surface area contributed by atoms with Crippen molar-refractivity contribution in [2.75, 3.05) is 18.0 Å². The second-order valence-corrected chi connectivity index (χ2v) is 7.49. The first kappa shape index (κ1) is 13.4. The molecule has 3 nitrogen and oxygen atoms in total. The summed E-state index contributed by atoms with van der Waals surface area (Å²) in [6.07, 6.45) is 4.56. The van der Waals surface area contributed by atoms with Crippen LogP contribution >= 0.6 is 0 Å². The fourth-order valence-electron chi connectivity index (χ4n) is 4.33. The molecule has 0 N–H and O–H groups in total. The Labute approximate surface area is 136 Å². The van der Waals surface area contributed by atoms with E-state index in [1.807, 2.05) is 16.8 Å². The minimum absolute atomic E-state index is 0.162. The lowest BCUT2D eigenvalue weighted by Gasteiger charge is -2.22. The molecule has 1 aromatic heterocycles. The molecule has 3 fully saturated rings. The van der Waals surface area contributed by atoms with E-state index in [1.54, 1.807) is 0 Å². The average Bonchev–Trinajstić information content (AvgIpc) is 3.48. The first-order chi connectivity index (χ1) is 11.3. The smallest absolute Gasteiger partial charge is 0.252 e. The van der Waals surface area contributed by atoms with Crippen molar-refractivity contribution in [2.45, 2.75) is 25.3 Å². The number of anilines is 1. The topological polar surface area (TPSA) is 25.2 Å². The third-order valence-electron chi connectivity index (χ3n) is 5.88. The second kappa shape index (κ2) is 4.98. The van der Waals surface area contributed by atoms with Crippen molar-refractivity contribution in [3.8, 4) is 0 Å². The Bertz CT molecular complexity index is 766. The van der Waals surface area contributed by atoms with Gasteiger partial charge in [-0.1, -0.05) is 30.3 Å². The van der Waals surface area contributed by atoms with E-state index < -0.39 is 0 Å². The van der Waals surface area contributed by atoms with Gasteiger partial charge < -0.3 is 9.47 Å². The Morgan fingerprint density at radius 1 is 1.00 bits per heavy atom. The zero-order valence-electron chi connectivity index (χ0n) is 13.3. The quantitative estimate of drug-likeness (QED) is 0.867. The van der Waals surface area contributed by atoms with Gasteiger partial charge >= 0.3 is 0 Å². The number of hydrogen-bond acceptors (Lipinski definition) is 2. The van der Waals surface area contributed by atoms with Crippen LogP contribution in [0.5, 0.6) is 0 Å². The SMILES string of the molecule is O=c1cc(N2CC3C(C2)C3c2ccccc2)ccn1CC1CC1. The maximum atomic E-state index is 12.3. The summed E-state index contributed by atoms with van der Waals surface area (Å²) < 4.78 is 1.88. The fourth-order valence-corrected chi connectivity index (χ4v) is 4.33. The molecule has 2 atom stereocenters. The zero-order valence-corrected chi connectivity index (χ0v) is 13.3. The van der Waals surface area contributed by atoms with Crippen LogP contribution in [0.25, 0.3) is 0 Å². The van der Waals surface area contributed by atoms with E-state index in [1.165, 1.54) is 18.4 Å². The molecule has 1 saturated heterocycles. The maximum absolute atomic E-state index is 12.3. The van der Waals surface area contributed by atoms with Crippen LogP contribution in [0, 0.1) is 17.8 Å². The molecule has 1 aliphatic heterocycles. The van der Waals surface area contributed by atoms with Gasteiger partial charge in [0.2, 0.25) is 0 Å². The van der Waals surface area contributed by atoms with Crippen LogP contribution < -0.4 is 10.5 Å². The molecule has 0 radical (unpaired) electrons. The van der Waals surface area contributed by atoms with Crippen molar-refractivity contribution >= 4 is 5.69 Å². The van der Waals surface area contributed by atoms with Gasteiger partial charge in [-0.2, -0.15) is 0 Å². The predicted octanol–water partition coefficient (Wildman–Crippen LogP) is 3.11. The molecule has 5 rings (SSSR count). The number of rotatable bonds is 4. The zero-order chi connectivity index (χ0) is 15.4. The van der Waals surface area contributed by atoms with E-state index in [-0.39, 0.29) is 5.56 Å². The molecule has 3 aliphatic rings. The van der Waals surface area contributed by atoms with Crippen LogP contribution in [0.2, 0.25) is 0 Å². The van der Waals surface area contributed by atoms with E-state index in [9.17, 15) is 4.79 Å². The minimum atomic E-state index is 0.162. The normalized spacial score (nSPS) is 28.7. The highest BCUT2D eigenvalue weighted by Gasteiger charge is 2.56. The van der Waals surface area contributed by atoms with Crippen molar-refractivity contribution in [2.24, 2.45) is 17.8 Å². The Kier molecular flexibility index (Phi) is 2.91. The summed E-state index contributed by atoms with van der Waals surface area (Å²) in [5.41, 5.74) is 2.76. The molecular formula is C20H22N2O. The molecule has 1 aromatic carbocycles. The van der Waals surface area contributed by atoms with Crippen LogP contribution in [-0.2, 0) is 6.54 Å². The van der Waals surface area contributed by atoms with Crippen molar-refractivity contribution < 1.29 is 0 Å². The molecule has 3 heteroatoms. The summed E-state index contributed by atoms with van der Waals surface area (Å²) in [6, 6.07) is 14.8. The van der Waals surface area contributed by atoms with Crippen molar-refractivity contribution in [3.05, 3.63) is 64.6 Å². The molecule has 2 unspecified atom stereocenters. The summed E-state index contributed by atoms with van der Waals surface area (Å²) in [5, 5.41) is 0. The number of benzene rings is 1. The molecular weight excluding hydrogens is 284 g/mol. The monoisotopic (exact) mass is 306 g/mol. The van der Waals surface area contributed by atoms with E-state index >= 15 is 0 Å². The molecule has 2 heterocycles. The second-order valence-electron chi connectivity index (χ2n) is 7.49. The largest absolute Gasteiger partial charge is 0.371 e. The summed E-state index contributed by atoms with van der Waals surface area (Å²) >= 11 is 0. The maximum Gasteiger partial charge on any atom is 0.252 e. The lowest BCUT2D eigenvalue weighted by atomic mass is 10.1. The van der Waals surface area contributed by atoms with Crippen molar-refractivity contribution in [1.29, 1.82) is 0 Å². The minimum Gasteiger partial charge on any atom is -0.371 e. The number of piperidine rings is 1. The number of aromatic nitrogens is 1. The van der Waals surface area contributed by atoms with Crippen LogP contribution in [0.3, 0.4) is 0 Å². The third kappa shape index (κ3) is 2.39.